The molecule has 0 spiro atoms. The number of rotatable bonds is 2. The molecule has 1 heterocycles. The third-order valence-electron chi connectivity index (χ3n) is 3.42. The average Bonchev–Trinajstić information content (AvgIpc) is 2.43. The number of ether oxygens (including phenoxy) is 1. The maximum absolute atomic E-state index is 11.7. The summed E-state index contributed by atoms with van der Waals surface area (Å²) in [6.45, 7) is 4.10. The van der Waals surface area contributed by atoms with Gasteiger partial charge >= 0.3 is 0 Å². The van der Waals surface area contributed by atoms with Crippen LogP contribution in [0.15, 0.2) is 53.3 Å². The van der Waals surface area contributed by atoms with Gasteiger partial charge < -0.3 is 9.72 Å². The Labute approximate surface area is 116 Å². The van der Waals surface area contributed by atoms with E-state index in [9.17, 15) is 4.79 Å². The molecule has 3 rings (SSSR count). The minimum absolute atomic E-state index is 0.164. The van der Waals surface area contributed by atoms with Crippen molar-refractivity contribution < 1.29 is 4.74 Å². The van der Waals surface area contributed by atoms with Crippen LogP contribution in [-0.2, 0) is 0 Å². The Morgan fingerprint density at radius 3 is 2.55 bits per heavy atom. The van der Waals surface area contributed by atoms with E-state index < -0.39 is 0 Å². The Morgan fingerprint density at radius 2 is 1.75 bits per heavy atom. The summed E-state index contributed by atoms with van der Waals surface area (Å²) < 4.78 is 5.89. The molecule has 100 valence electrons. The molecule has 0 aliphatic rings. The predicted octanol–water partition coefficient (Wildman–Crippen LogP) is 3.94. The van der Waals surface area contributed by atoms with Crippen molar-refractivity contribution in [1.29, 1.82) is 0 Å². The van der Waals surface area contributed by atoms with Gasteiger partial charge in [-0.3, -0.25) is 4.79 Å². The molecule has 20 heavy (non-hydrogen) atoms. The summed E-state index contributed by atoms with van der Waals surface area (Å²) >= 11 is 0. The van der Waals surface area contributed by atoms with Gasteiger partial charge in [0.15, 0.2) is 0 Å². The summed E-state index contributed by atoms with van der Waals surface area (Å²) in [4.78, 5) is 14.5. The zero-order chi connectivity index (χ0) is 14.1. The molecule has 0 aliphatic heterocycles. The van der Waals surface area contributed by atoms with Crippen LogP contribution in [0.2, 0.25) is 0 Å². The van der Waals surface area contributed by atoms with Crippen LogP contribution in [0.4, 0.5) is 0 Å². The number of benzene rings is 2. The van der Waals surface area contributed by atoms with Gasteiger partial charge in [0.2, 0.25) is 0 Å². The molecule has 0 atom stereocenters. The van der Waals surface area contributed by atoms with Crippen molar-refractivity contribution in [2.24, 2.45) is 0 Å². The van der Waals surface area contributed by atoms with Crippen molar-refractivity contribution in [3.05, 3.63) is 70.0 Å². The molecule has 1 N–H and O–H groups in total. The lowest BCUT2D eigenvalue weighted by molar-refractivity contribution is 0.486. The second kappa shape index (κ2) is 4.85. The fourth-order valence-corrected chi connectivity index (χ4v) is 2.16. The minimum Gasteiger partial charge on any atom is -0.456 e. The van der Waals surface area contributed by atoms with Crippen molar-refractivity contribution in [3.63, 3.8) is 0 Å². The first-order valence-corrected chi connectivity index (χ1v) is 6.51. The summed E-state index contributed by atoms with van der Waals surface area (Å²) in [5.74, 6) is 1.32. The van der Waals surface area contributed by atoms with E-state index in [1.54, 1.807) is 0 Å². The Bertz CT molecular complexity index is 834. The van der Waals surface area contributed by atoms with Crippen LogP contribution in [0.25, 0.3) is 10.9 Å². The Morgan fingerprint density at radius 1 is 0.950 bits per heavy atom. The van der Waals surface area contributed by atoms with Gasteiger partial charge in [-0.15, -0.1) is 0 Å². The van der Waals surface area contributed by atoms with E-state index >= 15 is 0 Å². The second-order valence-electron chi connectivity index (χ2n) is 4.89. The molecule has 0 fully saturated rings. The van der Waals surface area contributed by atoms with Crippen molar-refractivity contribution in [2.75, 3.05) is 0 Å². The van der Waals surface area contributed by atoms with E-state index in [2.05, 4.69) is 11.9 Å². The summed E-state index contributed by atoms with van der Waals surface area (Å²) in [5, 5.41) is 0.894. The van der Waals surface area contributed by atoms with Crippen molar-refractivity contribution >= 4 is 10.9 Å². The van der Waals surface area contributed by atoms with Crippen LogP contribution < -0.4 is 10.3 Å². The summed E-state index contributed by atoms with van der Waals surface area (Å²) in [6, 6.07) is 15.0. The molecule has 3 nitrogen and oxygen atoms in total. The van der Waals surface area contributed by atoms with Gasteiger partial charge in [0, 0.05) is 11.5 Å². The highest BCUT2D eigenvalue weighted by atomic mass is 16.5. The van der Waals surface area contributed by atoms with Gasteiger partial charge in [-0.2, -0.15) is 0 Å². The van der Waals surface area contributed by atoms with Crippen molar-refractivity contribution in [1.82, 2.24) is 4.98 Å². The number of hydrogen-bond acceptors (Lipinski definition) is 2. The van der Waals surface area contributed by atoms with Crippen LogP contribution >= 0.6 is 0 Å². The highest BCUT2D eigenvalue weighted by Gasteiger charge is 2.06. The smallest absolute Gasteiger partial charge is 0.252 e. The van der Waals surface area contributed by atoms with E-state index in [0.29, 0.717) is 5.75 Å². The van der Waals surface area contributed by atoms with Gasteiger partial charge in [-0.25, -0.2) is 0 Å². The number of H-pyrrole nitrogens is 1. The van der Waals surface area contributed by atoms with E-state index in [4.69, 9.17) is 4.74 Å². The van der Waals surface area contributed by atoms with Crippen LogP contribution in [0.3, 0.4) is 0 Å². The average molecular weight is 265 g/mol. The molecule has 0 radical (unpaired) electrons. The Balaban J connectivity index is 2.10. The first kappa shape index (κ1) is 12.5. The quantitative estimate of drug-likeness (QED) is 0.762. The molecule has 0 saturated heterocycles. The molecule has 1 aromatic heterocycles. The number of aryl methyl sites for hydroxylation is 2. The zero-order valence-corrected chi connectivity index (χ0v) is 11.4. The number of aromatic nitrogens is 1. The number of para-hydroxylation sites is 1. The Hall–Kier alpha value is -2.55. The van der Waals surface area contributed by atoms with E-state index in [1.165, 1.54) is 11.6 Å². The third kappa shape index (κ3) is 2.30. The van der Waals surface area contributed by atoms with Gasteiger partial charge in [0.25, 0.3) is 5.56 Å². The minimum atomic E-state index is -0.164. The maximum atomic E-state index is 11.7. The normalized spacial score (nSPS) is 10.7. The second-order valence-corrected chi connectivity index (χ2v) is 4.89. The number of fused-ring (bicyclic) bond motifs is 1. The lowest BCUT2D eigenvalue weighted by Gasteiger charge is -2.10. The van der Waals surface area contributed by atoms with Crippen LogP contribution in [0.1, 0.15) is 11.1 Å². The third-order valence-corrected chi connectivity index (χ3v) is 3.42. The molecule has 0 aliphatic carbocycles. The molecule has 3 aromatic rings. The van der Waals surface area contributed by atoms with Gasteiger partial charge in [-0.1, -0.05) is 18.2 Å². The largest absolute Gasteiger partial charge is 0.456 e. The molecule has 0 amide bonds. The van der Waals surface area contributed by atoms with Gasteiger partial charge in [0.1, 0.15) is 11.5 Å². The predicted molar refractivity (Wildman–Crippen MR) is 80.6 cm³/mol. The van der Waals surface area contributed by atoms with Crippen molar-refractivity contribution in [2.45, 2.75) is 13.8 Å². The van der Waals surface area contributed by atoms with E-state index in [0.717, 1.165) is 22.2 Å². The highest BCUT2D eigenvalue weighted by molar-refractivity contribution is 5.84. The SMILES string of the molecule is Cc1ccc(Oc2cc(=O)[nH]c3ccccc23)cc1C. The number of hydrogen-bond donors (Lipinski definition) is 1. The maximum Gasteiger partial charge on any atom is 0.252 e. The molecule has 0 saturated carbocycles. The fraction of sp³-hybridized carbons (Fsp3) is 0.118. The number of nitrogens with one attached hydrogen (secondary N) is 1. The fourth-order valence-electron chi connectivity index (χ4n) is 2.16. The number of aromatic amines is 1. The summed E-state index contributed by atoms with van der Waals surface area (Å²) in [6.07, 6.45) is 0. The lowest BCUT2D eigenvalue weighted by atomic mass is 10.1. The van der Waals surface area contributed by atoms with Crippen molar-refractivity contribution in [3.8, 4) is 11.5 Å². The summed E-state index contributed by atoms with van der Waals surface area (Å²) in [5.41, 5.74) is 2.99. The van der Waals surface area contributed by atoms with Gasteiger partial charge in [0.05, 0.1) is 5.52 Å². The standard InChI is InChI=1S/C17H15NO2/c1-11-7-8-13(9-12(11)2)20-16-10-17(19)18-15-6-4-3-5-14(15)16/h3-10H,1-2H3,(H,18,19). The molecule has 0 unspecified atom stereocenters. The number of pyridine rings is 1. The zero-order valence-electron chi connectivity index (χ0n) is 11.4. The highest BCUT2D eigenvalue weighted by Crippen LogP contribution is 2.28. The Kier molecular flexibility index (Phi) is 3.03. The monoisotopic (exact) mass is 265 g/mol. The molecule has 2 aromatic carbocycles. The first-order valence-electron chi connectivity index (χ1n) is 6.51. The molecule has 0 bridgehead atoms. The molecule has 3 heteroatoms. The summed E-state index contributed by atoms with van der Waals surface area (Å²) in [7, 11) is 0. The molecular weight excluding hydrogens is 250 g/mol. The van der Waals surface area contributed by atoms with Gasteiger partial charge in [-0.05, 0) is 49.2 Å². The van der Waals surface area contributed by atoms with Crippen LogP contribution in [0.5, 0.6) is 11.5 Å². The van der Waals surface area contributed by atoms with Crippen LogP contribution in [0, 0.1) is 13.8 Å². The van der Waals surface area contributed by atoms with Crippen LogP contribution in [-0.4, -0.2) is 4.98 Å². The van der Waals surface area contributed by atoms with E-state index in [-0.39, 0.29) is 5.56 Å². The first-order chi connectivity index (χ1) is 9.63. The topological polar surface area (TPSA) is 42.1 Å². The van der Waals surface area contributed by atoms with E-state index in [1.807, 2.05) is 49.4 Å². The molecular formula is C17H15NO2. The lowest BCUT2D eigenvalue weighted by Crippen LogP contribution is -2.04.